The number of benzene rings is 1. The third-order valence-corrected chi connectivity index (χ3v) is 3.23. The minimum atomic E-state index is -0.175. The lowest BCUT2D eigenvalue weighted by molar-refractivity contribution is 0.0988. The molecule has 0 spiro atoms. The number of aromatic hydroxyl groups is 1. The van der Waals surface area contributed by atoms with Crippen LogP contribution in [0, 0.1) is 6.92 Å². The maximum atomic E-state index is 12.5. The lowest BCUT2D eigenvalue weighted by Crippen LogP contribution is -2.31. The molecule has 1 amide bonds. The Kier molecular flexibility index (Phi) is 4.25. The number of halogens is 1. The molecule has 0 radical (unpaired) electrons. The molecule has 0 unspecified atom stereocenters. The van der Waals surface area contributed by atoms with Gasteiger partial charge in [-0.15, -0.1) is 0 Å². The Labute approximate surface area is 122 Å². The lowest BCUT2D eigenvalue weighted by atomic mass is 10.1. The number of phenolic OH excluding ortho intramolecular Hbond substituents is 1. The average Bonchev–Trinajstić information content (AvgIpc) is 2.43. The summed E-state index contributed by atoms with van der Waals surface area (Å²) in [4.78, 5) is 18.0. The van der Waals surface area contributed by atoms with Crippen molar-refractivity contribution in [1.29, 1.82) is 0 Å². The molecular weight excluding hydrogens is 276 g/mol. The van der Waals surface area contributed by atoms with E-state index in [2.05, 4.69) is 4.98 Å². The lowest BCUT2D eigenvalue weighted by Gasteiger charge is -2.23. The fourth-order valence-corrected chi connectivity index (χ4v) is 2.18. The van der Waals surface area contributed by atoms with E-state index in [1.165, 1.54) is 12.3 Å². The van der Waals surface area contributed by atoms with Crippen molar-refractivity contribution in [2.24, 2.45) is 0 Å². The van der Waals surface area contributed by atoms with Gasteiger partial charge in [0.1, 0.15) is 10.9 Å². The molecule has 4 nitrogen and oxygen atoms in total. The van der Waals surface area contributed by atoms with E-state index in [9.17, 15) is 9.90 Å². The first-order valence-electron chi connectivity index (χ1n) is 6.26. The van der Waals surface area contributed by atoms with Gasteiger partial charge in [0.2, 0.25) is 0 Å². The van der Waals surface area contributed by atoms with Gasteiger partial charge in [-0.3, -0.25) is 4.79 Å². The quantitative estimate of drug-likeness (QED) is 0.881. The van der Waals surface area contributed by atoms with Crippen LogP contribution in [0.3, 0.4) is 0 Å². The molecule has 20 heavy (non-hydrogen) atoms. The molecule has 0 aliphatic heterocycles. The molecule has 0 saturated heterocycles. The van der Waals surface area contributed by atoms with Crippen LogP contribution in [0.1, 0.15) is 22.8 Å². The second-order valence-corrected chi connectivity index (χ2v) is 4.77. The number of carbonyl (C=O) groups is 1. The van der Waals surface area contributed by atoms with Crippen molar-refractivity contribution < 1.29 is 9.90 Å². The molecular formula is C15H15ClN2O2. The highest BCUT2D eigenvalue weighted by Crippen LogP contribution is 2.26. The summed E-state index contributed by atoms with van der Waals surface area (Å²) in [5.41, 5.74) is 2.07. The van der Waals surface area contributed by atoms with E-state index in [0.29, 0.717) is 17.8 Å². The van der Waals surface area contributed by atoms with E-state index in [1.807, 2.05) is 13.8 Å². The van der Waals surface area contributed by atoms with E-state index >= 15 is 0 Å². The number of pyridine rings is 1. The van der Waals surface area contributed by atoms with E-state index < -0.39 is 0 Å². The van der Waals surface area contributed by atoms with Crippen molar-refractivity contribution in [3.8, 4) is 5.75 Å². The minimum absolute atomic E-state index is 0.129. The van der Waals surface area contributed by atoms with Crippen molar-refractivity contribution in [1.82, 2.24) is 4.98 Å². The van der Waals surface area contributed by atoms with E-state index in [4.69, 9.17) is 11.6 Å². The zero-order chi connectivity index (χ0) is 14.7. The molecule has 1 aromatic heterocycles. The topological polar surface area (TPSA) is 53.4 Å². The predicted octanol–water partition coefficient (Wildman–Crippen LogP) is 3.42. The Morgan fingerprint density at radius 1 is 1.35 bits per heavy atom. The van der Waals surface area contributed by atoms with Gasteiger partial charge in [0.05, 0.1) is 5.69 Å². The largest absolute Gasteiger partial charge is 0.508 e. The molecule has 1 aromatic carbocycles. The van der Waals surface area contributed by atoms with Crippen molar-refractivity contribution in [2.45, 2.75) is 13.8 Å². The Balaban J connectivity index is 2.42. The van der Waals surface area contributed by atoms with Crippen molar-refractivity contribution >= 4 is 23.2 Å². The molecule has 0 atom stereocenters. The van der Waals surface area contributed by atoms with Crippen LogP contribution < -0.4 is 4.90 Å². The number of hydrogen-bond donors (Lipinski definition) is 1. The summed E-state index contributed by atoms with van der Waals surface area (Å²) in [5, 5.41) is 9.89. The van der Waals surface area contributed by atoms with Gasteiger partial charge in [-0.05, 0) is 37.6 Å². The average molecular weight is 291 g/mol. The molecule has 0 aliphatic rings. The number of carbonyl (C=O) groups excluding carboxylic acids is 1. The summed E-state index contributed by atoms with van der Waals surface area (Å²) >= 11 is 5.82. The third-order valence-electron chi connectivity index (χ3n) is 3.02. The maximum absolute atomic E-state index is 12.5. The van der Waals surface area contributed by atoms with Crippen molar-refractivity contribution in [3.05, 3.63) is 52.8 Å². The summed E-state index contributed by atoms with van der Waals surface area (Å²) in [6.45, 7) is 4.26. The van der Waals surface area contributed by atoms with Gasteiger partial charge in [0.15, 0.2) is 0 Å². The SMILES string of the molecule is CCN(C(=O)c1ccnc(Cl)c1)c1cc(O)ccc1C. The van der Waals surface area contributed by atoms with E-state index in [1.54, 1.807) is 29.2 Å². The Morgan fingerprint density at radius 3 is 2.75 bits per heavy atom. The number of hydrogen-bond acceptors (Lipinski definition) is 3. The Morgan fingerprint density at radius 2 is 2.10 bits per heavy atom. The first-order valence-corrected chi connectivity index (χ1v) is 6.63. The summed E-state index contributed by atoms with van der Waals surface area (Å²) in [6.07, 6.45) is 1.50. The number of aromatic nitrogens is 1. The Bertz CT molecular complexity index is 644. The zero-order valence-corrected chi connectivity index (χ0v) is 12.1. The molecule has 104 valence electrons. The highest BCUT2D eigenvalue weighted by atomic mass is 35.5. The van der Waals surface area contributed by atoms with Crippen LogP contribution in [0.2, 0.25) is 5.15 Å². The molecule has 5 heteroatoms. The maximum Gasteiger partial charge on any atom is 0.258 e. The summed E-state index contributed by atoms with van der Waals surface area (Å²) in [6, 6.07) is 8.11. The first kappa shape index (κ1) is 14.3. The molecule has 0 aliphatic carbocycles. The highest BCUT2D eigenvalue weighted by molar-refractivity contribution is 6.29. The van der Waals surface area contributed by atoms with Crippen LogP contribution in [0.5, 0.6) is 5.75 Å². The number of rotatable bonds is 3. The van der Waals surface area contributed by atoms with Gasteiger partial charge < -0.3 is 10.0 Å². The smallest absolute Gasteiger partial charge is 0.258 e. The fourth-order valence-electron chi connectivity index (χ4n) is 2.00. The third kappa shape index (κ3) is 2.91. The van der Waals surface area contributed by atoms with Crippen LogP contribution >= 0.6 is 11.6 Å². The number of phenols is 1. The molecule has 1 N–H and O–H groups in total. The van der Waals surface area contributed by atoms with E-state index in [-0.39, 0.29) is 16.8 Å². The summed E-state index contributed by atoms with van der Waals surface area (Å²) in [5.74, 6) is -0.0462. The van der Waals surface area contributed by atoms with Crippen LogP contribution in [0.4, 0.5) is 5.69 Å². The van der Waals surface area contributed by atoms with Gasteiger partial charge in [-0.25, -0.2) is 4.98 Å². The number of anilines is 1. The van der Waals surface area contributed by atoms with Crippen LogP contribution in [0.15, 0.2) is 36.5 Å². The molecule has 2 aromatic rings. The van der Waals surface area contributed by atoms with Crippen molar-refractivity contribution in [2.75, 3.05) is 11.4 Å². The molecule has 0 bridgehead atoms. The molecule has 1 heterocycles. The molecule has 0 fully saturated rings. The van der Waals surface area contributed by atoms with E-state index in [0.717, 1.165) is 5.56 Å². The highest BCUT2D eigenvalue weighted by Gasteiger charge is 2.18. The normalized spacial score (nSPS) is 10.3. The van der Waals surface area contributed by atoms with Crippen LogP contribution in [-0.4, -0.2) is 22.5 Å². The van der Waals surface area contributed by atoms with Gasteiger partial charge in [-0.2, -0.15) is 0 Å². The first-order chi connectivity index (χ1) is 9.52. The number of aryl methyl sites for hydroxylation is 1. The van der Waals surface area contributed by atoms with Crippen molar-refractivity contribution in [3.63, 3.8) is 0 Å². The predicted molar refractivity (Wildman–Crippen MR) is 79.4 cm³/mol. The van der Waals surface area contributed by atoms with Gasteiger partial charge in [0, 0.05) is 24.4 Å². The second kappa shape index (κ2) is 5.92. The standard InChI is InChI=1S/C15H15ClN2O2/c1-3-18(13-9-12(19)5-4-10(13)2)15(20)11-6-7-17-14(16)8-11/h4-9,19H,3H2,1-2H3. The molecule has 0 saturated carbocycles. The van der Waals surface area contributed by atoms with Crippen LogP contribution in [0.25, 0.3) is 0 Å². The summed E-state index contributed by atoms with van der Waals surface area (Å²) < 4.78 is 0. The van der Waals surface area contributed by atoms with Crippen LogP contribution in [-0.2, 0) is 0 Å². The minimum Gasteiger partial charge on any atom is -0.508 e. The molecule has 2 rings (SSSR count). The van der Waals surface area contributed by atoms with Gasteiger partial charge in [-0.1, -0.05) is 17.7 Å². The van der Waals surface area contributed by atoms with Gasteiger partial charge in [0.25, 0.3) is 5.91 Å². The zero-order valence-electron chi connectivity index (χ0n) is 11.3. The second-order valence-electron chi connectivity index (χ2n) is 4.39. The number of amides is 1. The summed E-state index contributed by atoms with van der Waals surface area (Å²) in [7, 11) is 0. The number of nitrogens with zero attached hydrogens (tertiary/aromatic N) is 2. The Hall–Kier alpha value is -2.07. The fraction of sp³-hybridized carbons (Fsp3) is 0.200. The van der Waals surface area contributed by atoms with Gasteiger partial charge >= 0.3 is 0 Å². The monoisotopic (exact) mass is 290 g/mol.